The Hall–Kier alpha value is -2.56. The van der Waals surface area contributed by atoms with Crippen molar-refractivity contribution >= 4 is 11.4 Å². The van der Waals surface area contributed by atoms with Crippen LogP contribution in [0.25, 0.3) is 0 Å². The van der Waals surface area contributed by atoms with Crippen LogP contribution in [0.3, 0.4) is 0 Å². The molecule has 0 amide bonds. The van der Waals surface area contributed by atoms with Gasteiger partial charge >= 0.3 is 0 Å². The molecule has 0 fully saturated rings. The Morgan fingerprint density at radius 3 is 2.28 bits per heavy atom. The third-order valence-electron chi connectivity index (χ3n) is 2.33. The van der Waals surface area contributed by atoms with Crippen molar-refractivity contribution < 1.29 is 14.9 Å². The van der Waals surface area contributed by atoms with E-state index in [0.29, 0.717) is 11.4 Å². The molecule has 2 N–H and O–H groups in total. The number of ether oxygens (including phenoxy) is 1. The molecule has 0 bridgehead atoms. The number of phenols is 2. The van der Waals surface area contributed by atoms with Crippen LogP contribution in [0.1, 0.15) is 0 Å². The molecule has 0 radical (unpaired) electrons. The Morgan fingerprint density at radius 2 is 1.56 bits per heavy atom. The number of methoxy groups -OCH3 is 1. The molecule has 0 aromatic heterocycles. The molecule has 0 saturated carbocycles. The number of azo groups is 1. The lowest BCUT2D eigenvalue weighted by molar-refractivity contribution is 0.412. The maximum Gasteiger partial charge on any atom is 0.143 e. The Kier molecular flexibility index (Phi) is 3.43. The standard InChI is InChI=1S/C13H12N2O3/c1-18-9-6-7-13(17)11(8-9)15-14-10-4-2-3-5-12(10)16/h2-8,16-17H,1H3. The minimum absolute atomic E-state index is 0.00466. The zero-order chi connectivity index (χ0) is 13.0. The third-order valence-corrected chi connectivity index (χ3v) is 2.33. The monoisotopic (exact) mass is 244 g/mol. The quantitative estimate of drug-likeness (QED) is 0.811. The number of phenolic OH excluding ortho intramolecular Hbond substituents is 2. The smallest absolute Gasteiger partial charge is 0.143 e. The lowest BCUT2D eigenvalue weighted by Gasteiger charge is -2.02. The van der Waals surface area contributed by atoms with Gasteiger partial charge in [0.05, 0.1) is 7.11 Å². The van der Waals surface area contributed by atoms with Crippen molar-refractivity contribution in [3.8, 4) is 17.2 Å². The number of hydrogen-bond acceptors (Lipinski definition) is 5. The van der Waals surface area contributed by atoms with Gasteiger partial charge in [0.25, 0.3) is 0 Å². The highest BCUT2D eigenvalue weighted by Gasteiger charge is 2.03. The fraction of sp³-hybridized carbons (Fsp3) is 0.0769. The van der Waals surface area contributed by atoms with E-state index in [1.54, 1.807) is 30.3 Å². The second-order valence-corrected chi connectivity index (χ2v) is 3.54. The van der Waals surface area contributed by atoms with Crippen LogP contribution in [-0.4, -0.2) is 17.3 Å². The first kappa shape index (κ1) is 11.9. The van der Waals surface area contributed by atoms with Gasteiger partial charge in [-0.3, -0.25) is 0 Å². The number of rotatable bonds is 3. The van der Waals surface area contributed by atoms with Gasteiger partial charge < -0.3 is 14.9 Å². The van der Waals surface area contributed by atoms with E-state index in [-0.39, 0.29) is 17.2 Å². The van der Waals surface area contributed by atoms with Crippen molar-refractivity contribution in [1.29, 1.82) is 0 Å². The molecule has 2 aromatic rings. The van der Waals surface area contributed by atoms with Crippen LogP contribution in [0.4, 0.5) is 11.4 Å². The summed E-state index contributed by atoms with van der Waals surface area (Å²) < 4.78 is 5.02. The fourth-order valence-corrected chi connectivity index (χ4v) is 1.37. The molecule has 0 spiro atoms. The summed E-state index contributed by atoms with van der Waals surface area (Å²) in [4.78, 5) is 0. The van der Waals surface area contributed by atoms with Crippen molar-refractivity contribution in [2.75, 3.05) is 7.11 Å². The molecule has 5 heteroatoms. The normalized spacial score (nSPS) is 10.7. The fourth-order valence-electron chi connectivity index (χ4n) is 1.37. The van der Waals surface area contributed by atoms with E-state index >= 15 is 0 Å². The molecule has 0 aliphatic heterocycles. The highest BCUT2D eigenvalue weighted by molar-refractivity contribution is 5.55. The number of hydrogen-bond donors (Lipinski definition) is 2. The predicted molar refractivity (Wildman–Crippen MR) is 66.9 cm³/mol. The van der Waals surface area contributed by atoms with Crippen LogP contribution in [0.5, 0.6) is 17.2 Å². The van der Waals surface area contributed by atoms with Crippen molar-refractivity contribution in [1.82, 2.24) is 0 Å². The second-order valence-electron chi connectivity index (χ2n) is 3.54. The molecule has 2 rings (SSSR count). The Balaban J connectivity index is 2.31. The van der Waals surface area contributed by atoms with Crippen molar-refractivity contribution in [2.45, 2.75) is 0 Å². The average Bonchev–Trinajstić information content (AvgIpc) is 2.39. The molecule has 0 saturated heterocycles. The molecule has 0 unspecified atom stereocenters. The lowest BCUT2D eigenvalue weighted by Crippen LogP contribution is -1.80. The van der Waals surface area contributed by atoms with Gasteiger partial charge in [-0.05, 0) is 24.3 Å². The predicted octanol–water partition coefficient (Wildman–Crippen LogP) is 3.52. The van der Waals surface area contributed by atoms with E-state index in [0.717, 1.165) is 0 Å². The topological polar surface area (TPSA) is 74.4 Å². The van der Waals surface area contributed by atoms with Gasteiger partial charge in [-0.2, -0.15) is 0 Å². The summed E-state index contributed by atoms with van der Waals surface area (Å²) in [7, 11) is 1.52. The maximum atomic E-state index is 9.61. The highest BCUT2D eigenvalue weighted by Crippen LogP contribution is 2.33. The number of nitrogens with zero attached hydrogens (tertiary/aromatic N) is 2. The second kappa shape index (κ2) is 5.18. The number of aromatic hydroxyl groups is 2. The van der Waals surface area contributed by atoms with E-state index < -0.39 is 0 Å². The molecular weight excluding hydrogens is 232 g/mol. The minimum Gasteiger partial charge on any atom is -0.506 e. The summed E-state index contributed by atoms with van der Waals surface area (Å²) in [5, 5.41) is 26.9. The van der Waals surface area contributed by atoms with E-state index in [4.69, 9.17) is 4.74 Å². The molecule has 18 heavy (non-hydrogen) atoms. The van der Waals surface area contributed by atoms with Gasteiger partial charge in [-0.25, -0.2) is 0 Å². The summed E-state index contributed by atoms with van der Waals surface area (Å²) in [5.74, 6) is 0.595. The van der Waals surface area contributed by atoms with Gasteiger partial charge in [0, 0.05) is 6.07 Å². The summed E-state index contributed by atoms with van der Waals surface area (Å²) >= 11 is 0. The Labute approximate surface area is 104 Å². The first-order valence-corrected chi connectivity index (χ1v) is 5.27. The van der Waals surface area contributed by atoms with Crippen molar-refractivity contribution in [2.24, 2.45) is 10.2 Å². The maximum absolute atomic E-state index is 9.61. The van der Waals surface area contributed by atoms with Gasteiger partial charge in [0.15, 0.2) is 0 Å². The van der Waals surface area contributed by atoms with E-state index in [9.17, 15) is 10.2 Å². The SMILES string of the molecule is COc1ccc(O)c(N=Nc2ccccc2O)c1. The average molecular weight is 244 g/mol. The molecule has 92 valence electrons. The zero-order valence-electron chi connectivity index (χ0n) is 9.74. The van der Waals surface area contributed by atoms with E-state index in [1.807, 2.05) is 0 Å². The van der Waals surface area contributed by atoms with Crippen molar-refractivity contribution in [3.63, 3.8) is 0 Å². The van der Waals surface area contributed by atoms with Gasteiger partial charge in [-0.1, -0.05) is 12.1 Å². The number of benzene rings is 2. The van der Waals surface area contributed by atoms with Crippen LogP contribution in [0, 0.1) is 0 Å². The third kappa shape index (κ3) is 2.57. The zero-order valence-corrected chi connectivity index (χ0v) is 9.74. The summed E-state index contributed by atoms with van der Waals surface area (Å²) in [6.45, 7) is 0. The highest BCUT2D eigenvalue weighted by atomic mass is 16.5. The first-order chi connectivity index (χ1) is 8.70. The lowest BCUT2D eigenvalue weighted by atomic mass is 10.3. The van der Waals surface area contributed by atoms with Crippen LogP contribution in [0.15, 0.2) is 52.7 Å². The first-order valence-electron chi connectivity index (χ1n) is 5.27. The van der Waals surface area contributed by atoms with Crippen LogP contribution < -0.4 is 4.74 Å². The van der Waals surface area contributed by atoms with Gasteiger partial charge in [0.1, 0.15) is 28.6 Å². The van der Waals surface area contributed by atoms with Crippen LogP contribution in [-0.2, 0) is 0 Å². The van der Waals surface area contributed by atoms with Gasteiger partial charge in [0.2, 0.25) is 0 Å². The molecule has 2 aromatic carbocycles. The molecule has 0 aliphatic rings. The Morgan fingerprint density at radius 1 is 0.889 bits per heavy atom. The molecular formula is C13H12N2O3. The molecule has 0 aliphatic carbocycles. The largest absolute Gasteiger partial charge is 0.506 e. The van der Waals surface area contributed by atoms with E-state index in [2.05, 4.69) is 10.2 Å². The molecule has 5 nitrogen and oxygen atoms in total. The van der Waals surface area contributed by atoms with Crippen LogP contribution in [0.2, 0.25) is 0 Å². The summed E-state index contributed by atoms with van der Waals surface area (Å²) in [6, 6.07) is 11.2. The van der Waals surface area contributed by atoms with Crippen LogP contribution >= 0.6 is 0 Å². The molecule has 0 heterocycles. The van der Waals surface area contributed by atoms with Gasteiger partial charge in [-0.15, -0.1) is 10.2 Å². The number of para-hydroxylation sites is 1. The summed E-state index contributed by atoms with van der Waals surface area (Å²) in [6.07, 6.45) is 0. The molecule has 0 atom stereocenters. The minimum atomic E-state index is -0.00466. The Bertz CT molecular complexity index is 582. The summed E-state index contributed by atoms with van der Waals surface area (Å²) in [5.41, 5.74) is 0.609. The van der Waals surface area contributed by atoms with Crippen molar-refractivity contribution in [3.05, 3.63) is 42.5 Å². The van der Waals surface area contributed by atoms with E-state index in [1.165, 1.54) is 19.2 Å².